The molecule has 1 heteroatoms. The molecular weight excluding hydrogens is 242 g/mol. The van der Waals surface area contributed by atoms with Gasteiger partial charge in [0.15, 0.2) is 0 Å². The van der Waals surface area contributed by atoms with Crippen LogP contribution >= 0.6 is 0 Å². The highest BCUT2D eigenvalue weighted by molar-refractivity contribution is 5.94. The van der Waals surface area contributed by atoms with Crippen molar-refractivity contribution in [1.29, 1.82) is 0 Å². The molecule has 0 radical (unpaired) electrons. The van der Waals surface area contributed by atoms with Gasteiger partial charge in [0.25, 0.3) is 0 Å². The Bertz CT molecular complexity index is 726. The predicted octanol–water partition coefficient (Wildman–Crippen LogP) is 5.16. The first-order chi connectivity index (χ1) is 9.78. The van der Waals surface area contributed by atoms with Gasteiger partial charge in [-0.05, 0) is 24.8 Å². The first kappa shape index (κ1) is 12.9. The minimum Gasteiger partial charge on any atom is -0.252 e. The molecule has 0 unspecified atom stereocenters. The summed E-state index contributed by atoms with van der Waals surface area (Å²) in [6.45, 7) is 4.31. The molecule has 20 heavy (non-hydrogen) atoms. The second-order valence-corrected chi connectivity index (χ2v) is 5.30. The third-order valence-corrected chi connectivity index (χ3v) is 3.62. The molecule has 0 saturated carbocycles. The van der Waals surface area contributed by atoms with E-state index in [1.807, 2.05) is 0 Å². The lowest BCUT2D eigenvalue weighted by Gasteiger charge is -2.09. The van der Waals surface area contributed by atoms with E-state index in [1.54, 1.807) is 0 Å². The molecule has 0 N–H and O–H groups in total. The van der Waals surface area contributed by atoms with Crippen molar-refractivity contribution >= 4 is 10.8 Å². The molecule has 0 amide bonds. The Kier molecular flexibility index (Phi) is 3.51. The third-order valence-electron chi connectivity index (χ3n) is 3.62. The highest BCUT2D eigenvalue weighted by Crippen LogP contribution is 2.28. The summed E-state index contributed by atoms with van der Waals surface area (Å²) in [5, 5.41) is 2.51. The van der Waals surface area contributed by atoms with E-state index in [2.05, 4.69) is 68.4 Å². The molecule has 0 atom stereocenters. The molecule has 1 nitrogen and oxygen atoms in total. The van der Waals surface area contributed by atoms with Gasteiger partial charge in [0, 0.05) is 16.6 Å². The number of rotatable bonds is 3. The Balaban J connectivity index is 2.23. The number of aryl methyl sites for hydroxylation is 2. The Morgan fingerprint density at radius 3 is 2.45 bits per heavy atom. The molecule has 0 aliphatic heterocycles. The predicted molar refractivity (Wildman–Crippen MR) is 85.9 cm³/mol. The lowest BCUT2D eigenvalue weighted by atomic mass is 10.0. The molecule has 0 aliphatic carbocycles. The molecule has 2 aromatic carbocycles. The van der Waals surface area contributed by atoms with Crippen LogP contribution in [0.2, 0.25) is 0 Å². The highest BCUT2D eigenvalue weighted by Gasteiger charge is 2.07. The average molecular weight is 261 g/mol. The Hall–Kier alpha value is -2.15. The van der Waals surface area contributed by atoms with E-state index in [1.165, 1.54) is 27.6 Å². The zero-order valence-electron chi connectivity index (χ0n) is 12.1. The standard InChI is InChI=1S/C19H19N/c1-3-6-17-13-16-7-4-5-8-18(16)19(20-17)15-11-9-14(2)10-12-15/h4-5,7-13H,3,6H2,1-2H3. The van der Waals surface area contributed by atoms with E-state index in [-0.39, 0.29) is 0 Å². The Morgan fingerprint density at radius 2 is 1.70 bits per heavy atom. The van der Waals surface area contributed by atoms with Crippen LogP contribution in [0.1, 0.15) is 24.6 Å². The normalized spacial score (nSPS) is 10.9. The van der Waals surface area contributed by atoms with Crippen LogP contribution < -0.4 is 0 Å². The Labute approximate surface area is 120 Å². The molecule has 0 spiro atoms. The average Bonchev–Trinajstić information content (AvgIpc) is 2.48. The summed E-state index contributed by atoms with van der Waals surface area (Å²) >= 11 is 0. The fourth-order valence-electron chi connectivity index (χ4n) is 2.57. The van der Waals surface area contributed by atoms with Crippen LogP contribution in [0.15, 0.2) is 54.6 Å². The summed E-state index contributed by atoms with van der Waals surface area (Å²) < 4.78 is 0. The van der Waals surface area contributed by atoms with Crippen molar-refractivity contribution in [3.05, 3.63) is 65.9 Å². The van der Waals surface area contributed by atoms with Gasteiger partial charge in [0.05, 0.1) is 5.69 Å². The van der Waals surface area contributed by atoms with E-state index in [0.29, 0.717) is 0 Å². The van der Waals surface area contributed by atoms with Crippen molar-refractivity contribution in [3.8, 4) is 11.3 Å². The topological polar surface area (TPSA) is 12.9 Å². The first-order valence-electron chi connectivity index (χ1n) is 7.23. The van der Waals surface area contributed by atoms with Gasteiger partial charge in [0.1, 0.15) is 0 Å². The number of benzene rings is 2. The van der Waals surface area contributed by atoms with Crippen LogP contribution in [0.5, 0.6) is 0 Å². The van der Waals surface area contributed by atoms with Crippen LogP contribution in [0.3, 0.4) is 0 Å². The van der Waals surface area contributed by atoms with Crippen molar-refractivity contribution in [3.63, 3.8) is 0 Å². The number of hydrogen-bond donors (Lipinski definition) is 0. The van der Waals surface area contributed by atoms with Gasteiger partial charge in [-0.15, -0.1) is 0 Å². The molecule has 100 valence electrons. The second kappa shape index (κ2) is 5.46. The largest absolute Gasteiger partial charge is 0.252 e. The SMILES string of the molecule is CCCc1cc2ccccc2c(-c2ccc(C)cc2)n1. The lowest BCUT2D eigenvalue weighted by molar-refractivity contribution is 0.887. The Morgan fingerprint density at radius 1 is 0.950 bits per heavy atom. The molecule has 1 aromatic heterocycles. The van der Waals surface area contributed by atoms with Gasteiger partial charge in [-0.3, -0.25) is 4.98 Å². The van der Waals surface area contributed by atoms with Crippen LogP contribution in [0.4, 0.5) is 0 Å². The van der Waals surface area contributed by atoms with Crippen LogP contribution in [0, 0.1) is 6.92 Å². The van der Waals surface area contributed by atoms with E-state index in [4.69, 9.17) is 4.98 Å². The first-order valence-corrected chi connectivity index (χ1v) is 7.23. The second-order valence-electron chi connectivity index (χ2n) is 5.30. The van der Waals surface area contributed by atoms with Gasteiger partial charge < -0.3 is 0 Å². The number of fused-ring (bicyclic) bond motifs is 1. The quantitative estimate of drug-likeness (QED) is 0.634. The summed E-state index contributed by atoms with van der Waals surface area (Å²) in [5.74, 6) is 0. The summed E-state index contributed by atoms with van der Waals surface area (Å²) in [6, 6.07) is 19.4. The molecule has 0 bridgehead atoms. The van der Waals surface area contributed by atoms with E-state index in [9.17, 15) is 0 Å². The van der Waals surface area contributed by atoms with E-state index < -0.39 is 0 Å². The maximum absolute atomic E-state index is 4.89. The molecule has 3 aromatic rings. The van der Waals surface area contributed by atoms with Gasteiger partial charge in [-0.1, -0.05) is 67.4 Å². The van der Waals surface area contributed by atoms with Crippen molar-refractivity contribution in [1.82, 2.24) is 4.98 Å². The van der Waals surface area contributed by atoms with Crippen molar-refractivity contribution in [2.24, 2.45) is 0 Å². The van der Waals surface area contributed by atoms with Gasteiger partial charge in [-0.2, -0.15) is 0 Å². The monoisotopic (exact) mass is 261 g/mol. The third kappa shape index (κ3) is 2.44. The number of pyridine rings is 1. The highest BCUT2D eigenvalue weighted by atomic mass is 14.7. The summed E-state index contributed by atoms with van der Waals surface area (Å²) in [6.07, 6.45) is 2.16. The lowest BCUT2D eigenvalue weighted by Crippen LogP contribution is -1.94. The molecule has 0 aliphatic rings. The molecule has 0 fully saturated rings. The summed E-state index contributed by atoms with van der Waals surface area (Å²) in [5.41, 5.74) is 4.76. The number of aromatic nitrogens is 1. The zero-order chi connectivity index (χ0) is 13.9. The minimum atomic E-state index is 1.03. The molecule has 3 rings (SSSR count). The number of nitrogens with zero attached hydrogens (tertiary/aromatic N) is 1. The number of hydrogen-bond acceptors (Lipinski definition) is 1. The molecule has 0 saturated heterocycles. The van der Waals surface area contributed by atoms with Crippen LogP contribution in [-0.2, 0) is 6.42 Å². The van der Waals surface area contributed by atoms with Gasteiger partial charge in [0.2, 0.25) is 0 Å². The van der Waals surface area contributed by atoms with Crippen LogP contribution in [-0.4, -0.2) is 4.98 Å². The maximum Gasteiger partial charge on any atom is 0.0783 e. The fraction of sp³-hybridized carbons (Fsp3) is 0.211. The zero-order valence-corrected chi connectivity index (χ0v) is 12.1. The van der Waals surface area contributed by atoms with E-state index >= 15 is 0 Å². The van der Waals surface area contributed by atoms with Crippen LogP contribution in [0.25, 0.3) is 22.0 Å². The van der Waals surface area contributed by atoms with E-state index in [0.717, 1.165) is 18.5 Å². The van der Waals surface area contributed by atoms with Gasteiger partial charge in [-0.25, -0.2) is 0 Å². The van der Waals surface area contributed by atoms with Crippen molar-refractivity contribution in [2.45, 2.75) is 26.7 Å². The molecule has 1 heterocycles. The fourth-order valence-corrected chi connectivity index (χ4v) is 2.57. The summed E-state index contributed by atoms with van der Waals surface area (Å²) in [7, 11) is 0. The van der Waals surface area contributed by atoms with Crippen molar-refractivity contribution < 1.29 is 0 Å². The maximum atomic E-state index is 4.89. The summed E-state index contributed by atoms with van der Waals surface area (Å²) in [4.78, 5) is 4.89. The smallest absolute Gasteiger partial charge is 0.0783 e. The van der Waals surface area contributed by atoms with Gasteiger partial charge >= 0.3 is 0 Å². The minimum absolute atomic E-state index is 1.03. The molecular formula is C19H19N. The van der Waals surface area contributed by atoms with Crippen molar-refractivity contribution in [2.75, 3.05) is 0 Å².